The molecular weight excluding hydrogens is 391 g/mol. The van der Waals surface area contributed by atoms with Gasteiger partial charge in [0.1, 0.15) is 0 Å². The van der Waals surface area contributed by atoms with Crippen LogP contribution in [-0.4, -0.2) is 43.7 Å². The molecule has 0 aromatic heterocycles. The van der Waals surface area contributed by atoms with Crippen molar-refractivity contribution in [3.05, 3.63) is 35.9 Å². The molecule has 1 heterocycles. The van der Waals surface area contributed by atoms with E-state index in [2.05, 4.69) is 61.3 Å². The summed E-state index contributed by atoms with van der Waals surface area (Å²) >= 11 is 0. The lowest BCUT2D eigenvalue weighted by Crippen LogP contribution is -2.39. The second kappa shape index (κ2) is 16.5. The highest BCUT2D eigenvalue weighted by atomic mass is 35.5. The van der Waals surface area contributed by atoms with Crippen LogP contribution in [-0.2, 0) is 4.74 Å². The molecule has 1 saturated heterocycles. The zero-order valence-corrected chi connectivity index (χ0v) is 19.7. The SMILES string of the molecule is CCOC(c1ccccc1)C(CCC(C)C)NCCCN1CCCCC1.Cl.Cl. The van der Waals surface area contributed by atoms with Gasteiger partial charge in [0.15, 0.2) is 0 Å². The predicted octanol–water partition coefficient (Wildman–Crippen LogP) is 5.88. The summed E-state index contributed by atoms with van der Waals surface area (Å²) in [6.45, 7) is 12.4. The zero-order chi connectivity index (χ0) is 18.6. The molecule has 0 spiro atoms. The fourth-order valence-corrected chi connectivity index (χ4v) is 3.91. The van der Waals surface area contributed by atoms with Crippen molar-refractivity contribution in [1.82, 2.24) is 10.2 Å². The molecule has 2 rings (SSSR count). The topological polar surface area (TPSA) is 24.5 Å². The van der Waals surface area contributed by atoms with Crippen molar-refractivity contribution in [1.29, 1.82) is 0 Å². The summed E-state index contributed by atoms with van der Waals surface area (Å²) in [4.78, 5) is 2.63. The average Bonchev–Trinajstić information content (AvgIpc) is 2.67. The van der Waals surface area contributed by atoms with Crippen LogP contribution in [0.25, 0.3) is 0 Å². The van der Waals surface area contributed by atoms with Crippen LogP contribution in [0.5, 0.6) is 0 Å². The fourth-order valence-electron chi connectivity index (χ4n) is 3.91. The van der Waals surface area contributed by atoms with Gasteiger partial charge in [-0.2, -0.15) is 0 Å². The molecule has 0 saturated carbocycles. The molecule has 1 fully saturated rings. The summed E-state index contributed by atoms with van der Waals surface area (Å²) in [7, 11) is 0. The van der Waals surface area contributed by atoms with Crippen molar-refractivity contribution < 1.29 is 4.74 Å². The van der Waals surface area contributed by atoms with Crippen molar-refractivity contribution in [3.63, 3.8) is 0 Å². The van der Waals surface area contributed by atoms with E-state index >= 15 is 0 Å². The van der Waals surface area contributed by atoms with E-state index in [1.165, 1.54) is 63.7 Å². The number of likely N-dealkylation sites (tertiary alicyclic amines) is 1. The van der Waals surface area contributed by atoms with E-state index < -0.39 is 0 Å². The predicted molar refractivity (Wildman–Crippen MR) is 126 cm³/mol. The van der Waals surface area contributed by atoms with Gasteiger partial charge in [0.05, 0.1) is 6.10 Å². The van der Waals surface area contributed by atoms with Gasteiger partial charge < -0.3 is 15.0 Å². The Morgan fingerprint density at radius 3 is 2.29 bits per heavy atom. The number of ether oxygens (including phenoxy) is 1. The molecule has 5 heteroatoms. The summed E-state index contributed by atoms with van der Waals surface area (Å²) in [5, 5.41) is 3.85. The Bertz CT molecular complexity index is 467. The smallest absolute Gasteiger partial charge is 0.0977 e. The second-order valence-corrected chi connectivity index (χ2v) is 8.07. The number of rotatable bonds is 12. The minimum absolute atomic E-state index is 0. The fraction of sp³-hybridized carbons (Fsp3) is 0.739. The van der Waals surface area contributed by atoms with E-state index in [0.29, 0.717) is 6.04 Å². The average molecular weight is 434 g/mol. The number of piperidine rings is 1. The molecule has 2 atom stereocenters. The third-order valence-electron chi connectivity index (χ3n) is 5.40. The van der Waals surface area contributed by atoms with Crippen LogP contribution >= 0.6 is 24.8 Å². The molecular formula is C23H42Cl2N2O. The lowest BCUT2D eigenvalue weighted by molar-refractivity contribution is 0.0292. The van der Waals surface area contributed by atoms with Gasteiger partial charge in [-0.25, -0.2) is 0 Å². The van der Waals surface area contributed by atoms with Crippen molar-refractivity contribution in [3.8, 4) is 0 Å². The highest BCUT2D eigenvalue weighted by molar-refractivity contribution is 5.85. The van der Waals surface area contributed by atoms with Gasteiger partial charge in [-0.15, -0.1) is 24.8 Å². The Morgan fingerprint density at radius 2 is 1.68 bits per heavy atom. The maximum Gasteiger partial charge on any atom is 0.0977 e. The molecule has 28 heavy (non-hydrogen) atoms. The molecule has 164 valence electrons. The van der Waals surface area contributed by atoms with Crippen molar-refractivity contribution >= 4 is 24.8 Å². The third kappa shape index (κ3) is 10.5. The number of nitrogens with one attached hydrogen (secondary N) is 1. The Kier molecular flexibility index (Phi) is 16.3. The molecule has 0 radical (unpaired) electrons. The molecule has 2 unspecified atom stereocenters. The lowest BCUT2D eigenvalue weighted by atomic mass is 9.95. The number of halogens is 2. The van der Waals surface area contributed by atoms with Crippen LogP contribution in [0, 0.1) is 5.92 Å². The van der Waals surface area contributed by atoms with Crippen LogP contribution in [0.3, 0.4) is 0 Å². The van der Waals surface area contributed by atoms with Crippen LogP contribution in [0.15, 0.2) is 30.3 Å². The minimum Gasteiger partial charge on any atom is -0.372 e. The Balaban J connectivity index is 0.00000364. The number of hydrogen-bond acceptors (Lipinski definition) is 3. The molecule has 1 N–H and O–H groups in total. The number of nitrogens with zero attached hydrogens (tertiary/aromatic N) is 1. The first-order chi connectivity index (χ1) is 12.7. The van der Waals surface area contributed by atoms with Crippen LogP contribution in [0.1, 0.15) is 71.0 Å². The molecule has 1 aliphatic heterocycles. The highest BCUT2D eigenvalue weighted by Crippen LogP contribution is 2.25. The van der Waals surface area contributed by atoms with E-state index in [9.17, 15) is 0 Å². The summed E-state index contributed by atoms with van der Waals surface area (Å²) in [6.07, 6.45) is 7.96. The first-order valence-electron chi connectivity index (χ1n) is 10.8. The number of hydrogen-bond donors (Lipinski definition) is 1. The van der Waals surface area contributed by atoms with E-state index in [1.807, 2.05) is 0 Å². The number of benzene rings is 1. The molecule has 3 nitrogen and oxygen atoms in total. The molecule has 0 bridgehead atoms. The molecule has 1 aliphatic rings. The molecule has 1 aromatic rings. The van der Waals surface area contributed by atoms with Gasteiger partial charge in [0.25, 0.3) is 0 Å². The first-order valence-corrected chi connectivity index (χ1v) is 10.8. The molecule has 1 aromatic carbocycles. The Labute approximate surface area is 185 Å². The van der Waals surface area contributed by atoms with E-state index in [0.717, 1.165) is 19.1 Å². The first kappa shape index (κ1) is 27.7. The second-order valence-electron chi connectivity index (χ2n) is 8.07. The largest absolute Gasteiger partial charge is 0.372 e. The van der Waals surface area contributed by atoms with Crippen LogP contribution < -0.4 is 5.32 Å². The maximum atomic E-state index is 6.20. The Morgan fingerprint density at radius 1 is 1.00 bits per heavy atom. The van der Waals surface area contributed by atoms with Crippen LogP contribution in [0.2, 0.25) is 0 Å². The van der Waals surface area contributed by atoms with Gasteiger partial charge in [-0.1, -0.05) is 50.6 Å². The van der Waals surface area contributed by atoms with E-state index in [1.54, 1.807) is 0 Å². The standard InChI is InChI=1S/C23H40N2O.2ClH/c1-4-26-23(21-12-7-5-8-13-21)22(15-14-20(2)3)24-16-11-19-25-17-9-6-10-18-25;;/h5,7-8,12-13,20,22-24H,4,6,9-11,14-19H2,1-3H3;2*1H. The monoisotopic (exact) mass is 432 g/mol. The van der Waals surface area contributed by atoms with Crippen molar-refractivity contribution in [2.75, 3.05) is 32.8 Å². The van der Waals surface area contributed by atoms with Gasteiger partial charge in [-0.3, -0.25) is 0 Å². The van der Waals surface area contributed by atoms with Gasteiger partial charge in [0.2, 0.25) is 0 Å². The zero-order valence-electron chi connectivity index (χ0n) is 18.1. The van der Waals surface area contributed by atoms with Gasteiger partial charge in [0, 0.05) is 12.6 Å². The minimum atomic E-state index is 0. The lowest BCUT2D eigenvalue weighted by Gasteiger charge is -2.30. The van der Waals surface area contributed by atoms with Crippen molar-refractivity contribution in [2.24, 2.45) is 5.92 Å². The van der Waals surface area contributed by atoms with Crippen molar-refractivity contribution in [2.45, 2.75) is 71.4 Å². The van der Waals surface area contributed by atoms with E-state index in [4.69, 9.17) is 4.74 Å². The summed E-state index contributed by atoms with van der Waals surface area (Å²) in [6, 6.07) is 11.1. The van der Waals surface area contributed by atoms with Crippen LogP contribution in [0.4, 0.5) is 0 Å². The molecule has 0 aliphatic carbocycles. The summed E-state index contributed by atoms with van der Waals surface area (Å²) in [5.74, 6) is 0.727. The van der Waals surface area contributed by atoms with Gasteiger partial charge in [-0.05, 0) is 76.7 Å². The third-order valence-corrected chi connectivity index (χ3v) is 5.40. The maximum absolute atomic E-state index is 6.20. The normalized spacial score (nSPS) is 16.9. The quantitative estimate of drug-likeness (QED) is 0.417. The molecule has 0 amide bonds. The summed E-state index contributed by atoms with van der Waals surface area (Å²) in [5.41, 5.74) is 1.30. The van der Waals surface area contributed by atoms with E-state index in [-0.39, 0.29) is 30.9 Å². The van der Waals surface area contributed by atoms with Gasteiger partial charge >= 0.3 is 0 Å². The Hall–Kier alpha value is -0.320. The summed E-state index contributed by atoms with van der Waals surface area (Å²) < 4.78 is 6.20. The highest BCUT2D eigenvalue weighted by Gasteiger charge is 2.23.